The van der Waals surface area contributed by atoms with Crippen molar-refractivity contribution >= 4 is 5.91 Å². The lowest BCUT2D eigenvalue weighted by Crippen LogP contribution is -2.51. The van der Waals surface area contributed by atoms with Crippen LogP contribution in [0.15, 0.2) is 42.6 Å². The lowest BCUT2D eigenvalue weighted by atomic mass is 9.82. The molecule has 1 aromatic carbocycles. The number of H-pyrrole nitrogens is 1. The van der Waals surface area contributed by atoms with Crippen molar-refractivity contribution in [2.75, 3.05) is 13.2 Å². The van der Waals surface area contributed by atoms with Crippen LogP contribution < -0.4 is 0 Å². The average Bonchev–Trinajstić information content (AvgIpc) is 3.45. The highest BCUT2D eigenvalue weighted by Gasteiger charge is 2.47. The van der Waals surface area contributed by atoms with Crippen molar-refractivity contribution < 1.29 is 9.53 Å². The van der Waals surface area contributed by atoms with Crippen LogP contribution in [0.1, 0.15) is 81.4 Å². The Hall–Kier alpha value is -2.14. The maximum atomic E-state index is 13.4. The molecule has 2 heterocycles. The first-order valence-electron chi connectivity index (χ1n) is 12.7. The number of benzene rings is 1. The van der Waals surface area contributed by atoms with Gasteiger partial charge in [-0.15, -0.1) is 0 Å². The number of likely N-dealkylation sites (tertiary alicyclic amines) is 1. The van der Waals surface area contributed by atoms with Crippen LogP contribution in [-0.2, 0) is 9.53 Å². The second kappa shape index (κ2) is 9.78. The first kappa shape index (κ1) is 21.7. The highest BCUT2D eigenvalue weighted by atomic mass is 16.5. The van der Waals surface area contributed by atoms with Gasteiger partial charge in [-0.2, -0.15) is 5.10 Å². The van der Waals surface area contributed by atoms with Crippen molar-refractivity contribution in [2.24, 2.45) is 11.8 Å². The Balaban J connectivity index is 1.23. The molecule has 3 aliphatic rings. The number of nitrogens with zero attached hydrogens (tertiary/aromatic N) is 2. The molecule has 5 heteroatoms. The van der Waals surface area contributed by atoms with Gasteiger partial charge in [-0.25, -0.2) is 0 Å². The third-order valence-electron chi connectivity index (χ3n) is 8.20. The number of amides is 1. The van der Waals surface area contributed by atoms with Gasteiger partial charge in [0.05, 0.1) is 18.8 Å². The summed E-state index contributed by atoms with van der Waals surface area (Å²) in [6.45, 7) is 3.71. The molecule has 5 nitrogen and oxygen atoms in total. The molecule has 1 saturated heterocycles. The first-order valence-corrected chi connectivity index (χ1v) is 12.7. The topological polar surface area (TPSA) is 58.2 Å². The minimum atomic E-state index is 0.113. The standard InChI is InChI=1S/C27H37N3O2/c1-2-19-17-24(19)27(31)30-16-6-9-23(25-14-15-28-29-25)26(30)18-32-22-12-10-21(11-13-22)20-7-4-3-5-8-20/h3-5,7-8,14-15,19,21-24,26H,2,6,9-13,16-18H2,1H3,(H,28,29)/t19-,21?,22?,23-,24-,26+/m1/s1. The molecule has 5 rings (SSSR count). The molecule has 1 aliphatic heterocycles. The molecule has 2 aromatic rings. The summed E-state index contributed by atoms with van der Waals surface area (Å²) in [5.41, 5.74) is 2.61. The number of rotatable bonds is 7. The summed E-state index contributed by atoms with van der Waals surface area (Å²) in [5, 5.41) is 7.37. The maximum absolute atomic E-state index is 13.4. The molecular weight excluding hydrogens is 398 g/mol. The number of aromatic amines is 1. The second-order valence-corrected chi connectivity index (χ2v) is 10.1. The van der Waals surface area contributed by atoms with Gasteiger partial charge < -0.3 is 9.64 Å². The van der Waals surface area contributed by atoms with Crippen molar-refractivity contribution in [1.29, 1.82) is 0 Å². The Morgan fingerprint density at radius 3 is 2.62 bits per heavy atom. The second-order valence-electron chi connectivity index (χ2n) is 10.1. The molecule has 1 amide bonds. The number of nitrogens with one attached hydrogen (secondary N) is 1. The van der Waals surface area contributed by atoms with Crippen LogP contribution in [0.3, 0.4) is 0 Å². The van der Waals surface area contributed by atoms with Gasteiger partial charge in [0.25, 0.3) is 0 Å². The summed E-state index contributed by atoms with van der Waals surface area (Å²) in [7, 11) is 0. The van der Waals surface area contributed by atoms with Crippen LogP contribution >= 0.6 is 0 Å². The van der Waals surface area contributed by atoms with Crippen LogP contribution in [0, 0.1) is 11.8 Å². The van der Waals surface area contributed by atoms with Crippen LogP contribution in [0.4, 0.5) is 0 Å². The lowest BCUT2D eigenvalue weighted by molar-refractivity contribution is -0.140. The molecular formula is C27H37N3O2. The molecule has 0 radical (unpaired) electrons. The van der Waals surface area contributed by atoms with E-state index in [0.29, 0.717) is 30.5 Å². The van der Waals surface area contributed by atoms with E-state index in [0.717, 1.165) is 50.8 Å². The van der Waals surface area contributed by atoms with Crippen molar-refractivity contribution in [2.45, 2.75) is 82.3 Å². The maximum Gasteiger partial charge on any atom is 0.226 e. The summed E-state index contributed by atoms with van der Waals surface area (Å²) >= 11 is 0. The third kappa shape index (κ3) is 4.63. The number of hydrogen-bond acceptors (Lipinski definition) is 3. The molecule has 3 fully saturated rings. The fraction of sp³-hybridized carbons (Fsp3) is 0.630. The summed E-state index contributed by atoms with van der Waals surface area (Å²) in [4.78, 5) is 15.5. The summed E-state index contributed by atoms with van der Waals surface area (Å²) in [6.07, 6.45) is 11.0. The Morgan fingerprint density at radius 2 is 1.94 bits per heavy atom. The first-order chi connectivity index (χ1) is 15.7. The van der Waals surface area contributed by atoms with E-state index in [1.807, 2.05) is 6.20 Å². The third-order valence-corrected chi connectivity index (χ3v) is 8.20. The van der Waals surface area contributed by atoms with Crippen LogP contribution in [-0.4, -0.2) is 46.3 Å². The molecule has 1 N–H and O–H groups in total. The Labute approximate surface area is 191 Å². The normalized spacial score (nSPS) is 32.6. The Bertz CT molecular complexity index is 860. The minimum absolute atomic E-state index is 0.113. The summed E-state index contributed by atoms with van der Waals surface area (Å²) in [6, 6.07) is 13.1. The molecule has 4 atom stereocenters. The number of piperidine rings is 1. The van der Waals surface area contributed by atoms with Crippen molar-refractivity contribution in [3.8, 4) is 0 Å². The predicted molar refractivity (Wildman–Crippen MR) is 125 cm³/mol. The fourth-order valence-corrected chi connectivity index (χ4v) is 6.11. The molecule has 2 saturated carbocycles. The van der Waals surface area contributed by atoms with Gasteiger partial charge in [-0.05, 0) is 68.4 Å². The quantitative estimate of drug-likeness (QED) is 0.644. The molecule has 0 unspecified atom stereocenters. The summed E-state index contributed by atoms with van der Waals surface area (Å²) in [5.74, 6) is 2.13. The smallest absolute Gasteiger partial charge is 0.226 e. The van der Waals surface area contributed by atoms with Gasteiger partial charge in [0.1, 0.15) is 0 Å². The van der Waals surface area contributed by atoms with E-state index < -0.39 is 0 Å². The van der Waals surface area contributed by atoms with Crippen LogP contribution in [0.5, 0.6) is 0 Å². The number of carbonyl (C=O) groups is 1. The monoisotopic (exact) mass is 435 g/mol. The van der Waals surface area contributed by atoms with E-state index in [9.17, 15) is 4.79 Å². The average molecular weight is 436 g/mol. The molecule has 1 aromatic heterocycles. The molecule has 0 bridgehead atoms. The Kier molecular flexibility index (Phi) is 6.63. The SMILES string of the molecule is CC[C@@H]1C[C@H]1C(=O)N1CCC[C@H](c2ccn[nH]2)[C@@H]1COC1CCC(c2ccccc2)CC1. The lowest BCUT2D eigenvalue weighted by Gasteiger charge is -2.42. The fourth-order valence-electron chi connectivity index (χ4n) is 6.11. The predicted octanol–water partition coefficient (Wildman–Crippen LogP) is 5.27. The van der Waals surface area contributed by atoms with Gasteiger partial charge in [0.2, 0.25) is 5.91 Å². The molecule has 0 spiro atoms. The minimum Gasteiger partial charge on any atom is -0.376 e. The van der Waals surface area contributed by atoms with Crippen molar-refractivity contribution in [3.63, 3.8) is 0 Å². The van der Waals surface area contributed by atoms with Gasteiger partial charge in [0, 0.05) is 30.3 Å². The molecule has 2 aliphatic carbocycles. The zero-order chi connectivity index (χ0) is 21.9. The number of carbonyl (C=O) groups excluding carboxylic acids is 1. The summed E-state index contributed by atoms with van der Waals surface area (Å²) < 4.78 is 6.54. The van der Waals surface area contributed by atoms with Gasteiger partial charge in [-0.3, -0.25) is 9.89 Å². The van der Waals surface area contributed by atoms with Gasteiger partial charge >= 0.3 is 0 Å². The largest absolute Gasteiger partial charge is 0.376 e. The number of hydrogen-bond donors (Lipinski definition) is 1. The number of aromatic nitrogens is 2. The van der Waals surface area contributed by atoms with Crippen molar-refractivity contribution in [1.82, 2.24) is 15.1 Å². The van der Waals surface area contributed by atoms with E-state index >= 15 is 0 Å². The van der Waals surface area contributed by atoms with Gasteiger partial charge in [0.15, 0.2) is 0 Å². The van der Waals surface area contributed by atoms with E-state index in [1.54, 1.807) is 0 Å². The van der Waals surface area contributed by atoms with E-state index in [2.05, 4.69) is 58.4 Å². The van der Waals surface area contributed by atoms with Crippen LogP contribution in [0.25, 0.3) is 0 Å². The zero-order valence-corrected chi connectivity index (χ0v) is 19.3. The molecule has 172 valence electrons. The van der Waals surface area contributed by atoms with E-state index in [1.165, 1.54) is 18.4 Å². The van der Waals surface area contributed by atoms with Crippen LogP contribution in [0.2, 0.25) is 0 Å². The van der Waals surface area contributed by atoms with Crippen molar-refractivity contribution in [3.05, 3.63) is 53.9 Å². The Morgan fingerprint density at radius 1 is 1.12 bits per heavy atom. The highest BCUT2D eigenvalue weighted by molar-refractivity contribution is 5.82. The number of ether oxygens (including phenoxy) is 1. The molecule has 32 heavy (non-hydrogen) atoms. The van der Waals surface area contributed by atoms with Gasteiger partial charge in [-0.1, -0.05) is 43.7 Å². The van der Waals surface area contributed by atoms with E-state index in [-0.39, 0.29) is 17.9 Å². The zero-order valence-electron chi connectivity index (χ0n) is 19.3. The van der Waals surface area contributed by atoms with E-state index in [4.69, 9.17) is 4.74 Å². The highest BCUT2D eigenvalue weighted by Crippen LogP contribution is 2.44.